The number of thiazole rings is 1. The fourth-order valence-corrected chi connectivity index (χ4v) is 4.53. The van der Waals surface area contributed by atoms with Crippen LogP contribution < -0.4 is 10.1 Å². The molecule has 0 radical (unpaired) electrons. The molecule has 2 aromatic carbocycles. The Morgan fingerprint density at radius 2 is 2.15 bits per heavy atom. The number of hydrogen-bond donors (Lipinski definition) is 1. The third-order valence-electron chi connectivity index (χ3n) is 3.80. The number of anilines is 1. The summed E-state index contributed by atoms with van der Waals surface area (Å²) < 4.78 is 6.18. The molecular formula is C20H19ClN2O2S2. The van der Waals surface area contributed by atoms with Crippen LogP contribution in [0.5, 0.6) is 5.75 Å². The van der Waals surface area contributed by atoms with E-state index < -0.39 is 0 Å². The molecule has 0 aliphatic heterocycles. The van der Waals surface area contributed by atoms with E-state index in [4.69, 9.17) is 16.3 Å². The zero-order valence-corrected chi connectivity index (χ0v) is 17.4. The summed E-state index contributed by atoms with van der Waals surface area (Å²) in [6, 6.07) is 13.4. The molecule has 0 aliphatic rings. The molecule has 0 spiro atoms. The second kappa shape index (κ2) is 9.26. The number of amides is 1. The van der Waals surface area contributed by atoms with Crippen molar-refractivity contribution < 1.29 is 9.53 Å². The van der Waals surface area contributed by atoms with Gasteiger partial charge in [0.05, 0.1) is 19.2 Å². The maximum atomic E-state index is 12.3. The number of carbonyl (C=O) groups is 1. The number of ether oxygens (including phenoxy) is 1. The van der Waals surface area contributed by atoms with Crippen molar-refractivity contribution in [3.63, 3.8) is 0 Å². The Balaban J connectivity index is 1.54. The lowest BCUT2D eigenvalue weighted by molar-refractivity contribution is -0.115. The Bertz CT molecular complexity index is 943. The van der Waals surface area contributed by atoms with Crippen LogP contribution in [-0.4, -0.2) is 18.0 Å². The minimum Gasteiger partial charge on any atom is -0.496 e. The van der Waals surface area contributed by atoms with Crippen LogP contribution in [0.3, 0.4) is 0 Å². The number of methoxy groups -OCH3 is 1. The number of aryl methyl sites for hydroxylation is 1. The molecule has 1 amide bonds. The Morgan fingerprint density at radius 1 is 1.30 bits per heavy atom. The number of nitrogens with zero attached hydrogens (tertiary/aromatic N) is 1. The van der Waals surface area contributed by atoms with Crippen LogP contribution in [0.2, 0.25) is 5.02 Å². The van der Waals surface area contributed by atoms with Crippen molar-refractivity contribution in [2.75, 3.05) is 12.4 Å². The molecule has 0 aliphatic carbocycles. The molecular weight excluding hydrogens is 400 g/mol. The number of nitrogens with one attached hydrogen (secondary N) is 1. The van der Waals surface area contributed by atoms with Crippen molar-refractivity contribution in [2.45, 2.75) is 23.4 Å². The number of carbonyl (C=O) groups excluding carboxylic acids is 1. The van der Waals surface area contributed by atoms with Crippen LogP contribution in [0, 0.1) is 6.92 Å². The maximum Gasteiger partial charge on any atom is 0.230 e. The van der Waals surface area contributed by atoms with Gasteiger partial charge in [0.25, 0.3) is 0 Å². The molecule has 140 valence electrons. The van der Waals surface area contributed by atoms with Gasteiger partial charge in [-0.1, -0.05) is 35.5 Å². The first-order valence-electron chi connectivity index (χ1n) is 8.29. The smallest absolute Gasteiger partial charge is 0.230 e. The summed E-state index contributed by atoms with van der Waals surface area (Å²) in [7, 11) is 1.63. The molecule has 1 N–H and O–H groups in total. The largest absolute Gasteiger partial charge is 0.496 e. The summed E-state index contributed by atoms with van der Waals surface area (Å²) in [4.78, 5) is 16.8. The van der Waals surface area contributed by atoms with Crippen LogP contribution >= 0.6 is 34.7 Å². The SMILES string of the molecule is COc1ccc(NC(=O)Cc2csc(SCc3cccc(Cl)c3)n2)cc1C. The van der Waals surface area contributed by atoms with Crippen LogP contribution in [0.1, 0.15) is 16.8 Å². The van der Waals surface area contributed by atoms with Gasteiger partial charge in [0.15, 0.2) is 0 Å². The Kier molecular flexibility index (Phi) is 6.77. The van der Waals surface area contributed by atoms with Gasteiger partial charge in [-0.2, -0.15) is 0 Å². The van der Waals surface area contributed by atoms with Crippen molar-refractivity contribution in [3.05, 3.63) is 69.7 Å². The number of thioether (sulfide) groups is 1. The van der Waals surface area contributed by atoms with Crippen LogP contribution in [0.4, 0.5) is 5.69 Å². The predicted octanol–water partition coefficient (Wildman–Crippen LogP) is 5.59. The Morgan fingerprint density at radius 3 is 2.89 bits per heavy atom. The number of rotatable bonds is 7. The summed E-state index contributed by atoms with van der Waals surface area (Å²) >= 11 is 9.20. The first-order valence-corrected chi connectivity index (χ1v) is 10.5. The minimum absolute atomic E-state index is 0.0868. The van der Waals surface area contributed by atoms with Gasteiger partial charge in [0.1, 0.15) is 10.1 Å². The molecule has 0 fully saturated rings. The molecule has 1 heterocycles. The molecule has 0 unspecified atom stereocenters. The van der Waals surface area contributed by atoms with Crippen LogP contribution in [0.15, 0.2) is 52.2 Å². The van der Waals surface area contributed by atoms with E-state index in [2.05, 4.69) is 10.3 Å². The molecule has 0 atom stereocenters. The quantitative estimate of drug-likeness (QED) is 0.508. The van der Waals surface area contributed by atoms with E-state index in [9.17, 15) is 4.79 Å². The Hall–Kier alpha value is -2.02. The highest BCUT2D eigenvalue weighted by atomic mass is 35.5. The fourth-order valence-electron chi connectivity index (χ4n) is 2.53. The van der Waals surface area contributed by atoms with E-state index >= 15 is 0 Å². The van der Waals surface area contributed by atoms with E-state index in [-0.39, 0.29) is 12.3 Å². The fraction of sp³-hybridized carbons (Fsp3) is 0.200. The van der Waals surface area contributed by atoms with E-state index in [0.29, 0.717) is 0 Å². The normalized spacial score (nSPS) is 10.6. The molecule has 3 aromatic rings. The summed E-state index contributed by atoms with van der Waals surface area (Å²) in [5.74, 6) is 1.51. The minimum atomic E-state index is -0.0868. The summed E-state index contributed by atoms with van der Waals surface area (Å²) in [6.07, 6.45) is 0.249. The number of halogens is 1. The van der Waals surface area contributed by atoms with E-state index in [0.717, 1.165) is 43.4 Å². The molecule has 0 saturated carbocycles. The molecule has 3 rings (SSSR count). The van der Waals surface area contributed by atoms with Crippen LogP contribution in [-0.2, 0) is 17.0 Å². The summed E-state index contributed by atoms with van der Waals surface area (Å²) in [6.45, 7) is 1.94. The predicted molar refractivity (Wildman–Crippen MR) is 113 cm³/mol. The van der Waals surface area contributed by atoms with Crippen molar-refractivity contribution >= 4 is 46.3 Å². The standard InChI is InChI=1S/C20H19ClN2O2S2/c1-13-8-16(6-7-18(13)25-2)22-19(24)10-17-12-27-20(23-17)26-11-14-4-3-5-15(21)9-14/h3-9,12H,10-11H2,1-2H3,(H,22,24). The first-order chi connectivity index (χ1) is 13.0. The monoisotopic (exact) mass is 418 g/mol. The second-order valence-electron chi connectivity index (χ2n) is 5.93. The van der Waals surface area contributed by atoms with E-state index in [1.807, 2.05) is 54.8 Å². The Labute approximate surface area is 171 Å². The third-order valence-corrected chi connectivity index (χ3v) is 6.18. The van der Waals surface area contributed by atoms with E-state index in [1.165, 1.54) is 0 Å². The van der Waals surface area contributed by atoms with Gasteiger partial charge < -0.3 is 10.1 Å². The molecule has 27 heavy (non-hydrogen) atoms. The van der Waals surface area contributed by atoms with Gasteiger partial charge in [0.2, 0.25) is 5.91 Å². The lowest BCUT2D eigenvalue weighted by atomic mass is 10.2. The highest BCUT2D eigenvalue weighted by Crippen LogP contribution is 2.27. The number of benzene rings is 2. The lowest BCUT2D eigenvalue weighted by Gasteiger charge is -2.08. The molecule has 7 heteroatoms. The number of hydrogen-bond acceptors (Lipinski definition) is 5. The average molecular weight is 419 g/mol. The van der Waals surface area contributed by atoms with Gasteiger partial charge in [-0.3, -0.25) is 4.79 Å². The zero-order chi connectivity index (χ0) is 19.2. The van der Waals surface area contributed by atoms with E-state index in [1.54, 1.807) is 30.2 Å². The van der Waals surface area contributed by atoms with Crippen molar-refractivity contribution in [2.24, 2.45) is 0 Å². The zero-order valence-electron chi connectivity index (χ0n) is 15.0. The summed E-state index contributed by atoms with van der Waals surface area (Å²) in [5.41, 5.74) is 3.65. The van der Waals surface area contributed by atoms with Crippen molar-refractivity contribution in [3.8, 4) is 5.75 Å². The number of aromatic nitrogens is 1. The highest BCUT2D eigenvalue weighted by molar-refractivity contribution is 8.00. The first kappa shape index (κ1) is 19.7. The third kappa shape index (κ3) is 5.73. The van der Waals surface area contributed by atoms with Crippen molar-refractivity contribution in [1.82, 2.24) is 4.98 Å². The molecule has 4 nitrogen and oxygen atoms in total. The summed E-state index contributed by atoms with van der Waals surface area (Å²) in [5, 5.41) is 5.57. The van der Waals surface area contributed by atoms with Gasteiger partial charge in [-0.25, -0.2) is 4.98 Å². The highest BCUT2D eigenvalue weighted by Gasteiger charge is 2.10. The topological polar surface area (TPSA) is 51.2 Å². The van der Waals surface area contributed by atoms with Gasteiger partial charge in [-0.05, 0) is 48.4 Å². The lowest BCUT2D eigenvalue weighted by Crippen LogP contribution is -2.14. The van der Waals surface area contributed by atoms with Gasteiger partial charge in [-0.15, -0.1) is 11.3 Å². The van der Waals surface area contributed by atoms with Crippen LogP contribution in [0.25, 0.3) is 0 Å². The molecule has 1 aromatic heterocycles. The molecule has 0 bridgehead atoms. The second-order valence-corrected chi connectivity index (χ2v) is 8.45. The van der Waals surface area contributed by atoms with Gasteiger partial charge >= 0.3 is 0 Å². The van der Waals surface area contributed by atoms with Gasteiger partial charge in [0, 0.05) is 21.8 Å². The maximum absolute atomic E-state index is 12.3. The van der Waals surface area contributed by atoms with Crippen molar-refractivity contribution in [1.29, 1.82) is 0 Å². The average Bonchev–Trinajstić information content (AvgIpc) is 3.07. The molecule has 0 saturated heterocycles.